The van der Waals surface area contributed by atoms with Gasteiger partial charge in [-0.05, 0) is 108 Å². The Kier molecular flexibility index (Phi) is 8.50. The molecule has 6 aromatic rings. The Labute approximate surface area is 269 Å². The largest absolute Gasteiger partial charge is 0.331 e. The second-order valence-electron chi connectivity index (χ2n) is 12.8. The Morgan fingerprint density at radius 3 is 1.49 bits per heavy atom. The maximum absolute atomic E-state index is 2.51. The molecule has 0 radical (unpaired) electrons. The van der Waals surface area contributed by atoms with Crippen molar-refractivity contribution < 1.29 is 0 Å². The lowest BCUT2D eigenvalue weighted by Gasteiger charge is -2.43. The van der Waals surface area contributed by atoms with Crippen LogP contribution in [0.15, 0.2) is 152 Å². The fourth-order valence-corrected chi connectivity index (χ4v) is 6.36. The molecule has 0 aromatic heterocycles. The molecule has 0 spiro atoms. The third-order valence-electron chi connectivity index (χ3n) is 9.74. The summed E-state index contributed by atoms with van der Waals surface area (Å²) in [5, 5.41) is 2.48. The van der Waals surface area contributed by atoms with Crippen molar-refractivity contribution in [3.8, 4) is 0 Å². The Morgan fingerprint density at radius 2 is 0.889 bits per heavy atom. The first kappa shape index (κ1) is 30.2. The molecule has 1 unspecified atom stereocenters. The Balaban J connectivity index is 1.44. The van der Waals surface area contributed by atoms with Crippen LogP contribution in [0.3, 0.4) is 0 Å². The van der Waals surface area contributed by atoms with E-state index in [2.05, 4.69) is 196 Å². The van der Waals surface area contributed by atoms with Gasteiger partial charge in [0.1, 0.15) is 0 Å². The Bertz CT molecular complexity index is 1840. The van der Waals surface area contributed by atoms with E-state index in [0.29, 0.717) is 0 Å². The number of fused-ring (bicyclic) bond motifs is 1. The molecule has 226 valence electrons. The van der Waals surface area contributed by atoms with E-state index < -0.39 is 0 Å². The van der Waals surface area contributed by atoms with Crippen LogP contribution in [-0.4, -0.2) is 0 Å². The summed E-state index contributed by atoms with van der Waals surface area (Å²) >= 11 is 0. The van der Waals surface area contributed by atoms with Gasteiger partial charge in [0.25, 0.3) is 0 Å². The van der Waals surface area contributed by atoms with E-state index in [9.17, 15) is 0 Å². The standard InChI is InChI=1S/C43H44N2/c1-6-42(3,4)35-23-25-36(26-24-35)43(5,7-2)45(39-20-12-9-13-21-39)40-30-28-38(29-31-40)44(37-18-10-8-11-19-37)41-27-22-33-16-14-15-17-34(33)32-41/h8-32H,6-7H2,1-5H3. The van der Waals surface area contributed by atoms with Crippen molar-refractivity contribution in [2.24, 2.45) is 0 Å². The van der Waals surface area contributed by atoms with E-state index in [0.717, 1.165) is 29.9 Å². The van der Waals surface area contributed by atoms with Gasteiger partial charge in [0, 0.05) is 28.4 Å². The van der Waals surface area contributed by atoms with Gasteiger partial charge < -0.3 is 9.80 Å². The van der Waals surface area contributed by atoms with Crippen LogP contribution in [0.5, 0.6) is 0 Å². The predicted octanol–water partition coefficient (Wildman–Crippen LogP) is 12.5. The molecule has 0 aliphatic carbocycles. The smallest absolute Gasteiger partial charge is 0.0671 e. The molecule has 0 amide bonds. The molecule has 45 heavy (non-hydrogen) atoms. The number of hydrogen-bond acceptors (Lipinski definition) is 2. The van der Waals surface area contributed by atoms with Crippen molar-refractivity contribution in [1.29, 1.82) is 0 Å². The lowest BCUT2D eigenvalue weighted by molar-refractivity contribution is 0.462. The highest BCUT2D eigenvalue weighted by molar-refractivity contribution is 5.89. The van der Waals surface area contributed by atoms with Crippen LogP contribution in [0.1, 0.15) is 58.6 Å². The van der Waals surface area contributed by atoms with Crippen molar-refractivity contribution in [1.82, 2.24) is 0 Å². The maximum atomic E-state index is 2.51. The minimum atomic E-state index is -0.255. The van der Waals surface area contributed by atoms with Gasteiger partial charge in [0.2, 0.25) is 0 Å². The molecule has 0 saturated carbocycles. The molecular weight excluding hydrogens is 544 g/mol. The molecule has 0 N–H and O–H groups in total. The molecule has 6 aromatic carbocycles. The topological polar surface area (TPSA) is 6.48 Å². The lowest BCUT2D eigenvalue weighted by Crippen LogP contribution is -2.40. The normalized spacial score (nSPS) is 12.9. The molecule has 0 heterocycles. The van der Waals surface area contributed by atoms with Crippen LogP contribution in [0.2, 0.25) is 0 Å². The first-order valence-corrected chi connectivity index (χ1v) is 16.2. The minimum Gasteiger partial charge on any atom is -0.331 e. The monoisotopic (exact) mass is 588 g/mol. The fourth-order valence-electron chi connectivity index (χ4n) is 6.36. The van der Waals surface area contributed by atoms with Crippen molar-refractivity contribution in [2.75, 3.05) is 9.80 Å². The van der Waals surface area contributed by atoms with Crippen LogP contribution in [0.4, 0.5) is 28.4 Å². The van der Waals surface area contributed by atoms with Crippen LogP contribution < -0.4 is 9.80 Å². The van der Waals surface area contributed by atoms with Gasteiger partial charge in [0.05, 0.1) is 5.54 Å². The second-order valence-corrected chi connectivity index (χ2v) is 12.8. The molecule has 0 aliphatic rings. The van der Waals surface area contributed by atoms with Crippen molar-refractivity contribution in [2.45, 2.75) is 58.4 Å². The molecule has 6 rings (SSSR count). The van der Waals surface area contributed by atoms with Gasteiger partial charge >= 0.3 is 0 Å². The Hall–Kier alpha value is -4.82. The van der Waals surface area contributed by atoms with Crippen molar-refractivity contribution in [3.63, 3.8) is 0 Å². The van der Waals surface area contributed by atoms with E-state index in [-0.39, 0.29) is 11.0 Å². The molecule has 2 nitrogen and oxygen atoms in total. The SMILES string of the molecule is CCC(C)(C)c1ccc(C(C)(CC)N(c2ccccc2)c2ccc(N(c3ccccc3)c3ccc4ccccc4c3)cc2)cc1. The summed E-state index contributed by atoms with van der Waals surface area (Å²) in [7, 11) is 0. The van der Waals surface area contributed by atoms with Crippen LogP contribution >= 0.6 is 0 Å². The second kappa shape index (κ2) is 12.7. The summed E-state index contributed by atoms with van der Waals surface area (Å²) in [6, 6.07) is 55.2. The number of hydrogen-bond donors (Lipinski definition) is 0. The summed E-state index contributed by atoms with van der Waals surface area (Å²) in [4.78, 5) is 4.86. The lowest BCUT2D eigenvalue weighted by atomic mass is 9.79. The van der Waals surface area contributed by atoms with Gasteiger partial charge in [0.15, 0.2) is 0 Å². The van der Waals surface area contributed by atoms with E-state index in [4.69, 9.17) is 0 Å². The third kappa shape index (κ3) is 5.98. The zero-order chi connectivity index (χ0) is 31.4. The number of anilines is 5. The summed E-state index contributed by atoms with van der Waals surface area (Å²) < 4.78 is 0. The van der Waals surface area contributed by atoms with E-state index in [1.165, 1.54) is 33.3 Å². The third-order valence-corrected chi connectivity index (χ3v) is 9.74. The Morgan fingerprint density at radius 1 is 0.422 bits per heavy atom. The molecule has 0 saturated heterocycles. The molecule has 0 bridgehead atoms. The highest BCUT2D eigenvalue weighted by Gasteiger charge is 2.34. The van der Waals surface area contributed by atoms with E-state index in [1.54, 1.807) is 0 Å². The average molecular weight is 589 g/mol. The first-order valence-electron chi connectivity index (χ1n) is 16.2. The van der Waals surface area contributed by atoms with Gasteiger partial charge in [-0.1, -0.05) is 119 Å². The van der Waals surface area contributed by atoms with Crippen LogP contribution in [0.25, 0.3) is 10.8 Å². The average Bonchev–Trinajstić information content (AvgIpc) is 3.10. The highest BCUT2D eigenvalue weighted by Crippen LogP contribution is 2.44. The molecule has 2 heteroatoms. The number of nitrogens with zero attached hydrogens (tertiary/aromatic N) is 2. The summed E-state index contributed by atoms with van der Waals surface area (Å²) in [6.07, 6.45) is 2.06. The quantitative estimate of drug-likeness (QED) is 0.157. The highest BCUT2D eigenvalue weighted by atomic mass is 15.2. The maximum Gasteiger partial charge on any atom is 0.0671 e. The zero-order valence-corrected chi connectivity index (χ0v) is 27.2. The number of benzene rings is 6. The predicted molar refractivity (Wildman–Crippen MR) is 195 cm³/mol. The van der Waals surface area contributed by atoms with Gasteiger partial charge in [-0.25, -0.2) is 0 Å². The van der Waals surface area contributed by atoms with Crippen molar-refractivity contribution in [3.05, 3.63) is 163 Å². The minimum absolute atomic E-state index is 0.158. The van der Waals surface area contributed by atoms with Gasteiger partial charge in [-0.2, -0.15) is 0 Å². The van der Waals surface area contributed by atoms with E-state index >= 15 is 0 Å². The van der Waals surface area contributed by atoms with Gasteiger partial charge in [-0.15, -0.1) is 0 Å². The van der Waals surface area contributed by atoms with E-state index in [1.807, 2.05) is 0 Å². The molecule has 1 atom stereocenters. The van der Waals surface area contributed by atoms with Crippen molar-refractivity contribution >= 4 is 39.2 Å². The fraction of sp³-hybridized carbons (Fsp3) is 0.209. The first-order chi connectivity index (χ1) is 21.8. The summed E-state index contributed by atoms with van der Waals surface area (Å²) in [6.45, 7) is 11.6. The molecule has 0 fully saturated rings. The van der Waals surface area contributed by atoms with Gasteiger partial charge in [-0.3, -0.25) is 0 Å². The summed E-state index contributed by atoms with van der Waals surface area (Å²) in [5.41, 5.74) is 8.35. The number of rotatable bonds is 10. The molecular formula is C43H44N2. The number of para-hydroxylation sites is 2. The summed E-state index contributed by atoms with van der Waals surface area (Å²) in [5.74, 6) is 0. The van der Waals surface area contributed by atoms with Crippen LogP contribution in [0, 0.1) is 0 Å². The zero-order valence-electron chi connectivity index (χ0n) is 27.2. The molecule has 0 aliphatic heterocycles. The van der Waals surface area contributed by atoms with Crippen LogP contribution in [-0.2, 0) is 11.0 Å².